The van der Waals surface area contributed by atoms with Gasteiger partial charge in [-0.25, -0.2) is 0 Å². The summed E-state index contributed by atoms with van der Waals surface area (Å²) in [5.74, 6) is 0. The topological polar surface area (TPSA) is 44.5 Å². The molecule has 0 aliphatic rings. The van der Waals surface area contributed by atoms with Gasteiger partial charge in [-0.1, -0.05) is 0 Å². The number of thiophene rings is 1. The summed E-state index contributed by atoms with van der Waals surface area (Å²) in [7, 11) is 1.73. The van der Waals surface area contributed by atoms with Crippen molar-refractivity contribution in [2.75, 3.05) is 20.3 Å². The standard InChI is InChI=1S/C13H23NO2S/c1-10-5-6-12(17-10)11(9-14)16-8-7-13(2,3)15-4/h5-6,11H,7-9,14H2,1-4H3. The number of hydrogen-bond donors (Lipinski definition) is 1. The highest BCUT2D eigenvalue weighted by molar-refractivity contribution is 7.12. The van der Waals surface area contributed by atoms with Gasteiger partial charge in [-0.2, -0.15) is 0 Å². The molecule has 0 aromatic carbocycles. The molecule has 0 aliphatic carbocycles. The fourth-order valence-corrected chi connectivity index (χ4v) is 2.38. The Morgan fingerprint density at radius 3 is 2.59 bits per heavy atom. The van der Waals surface area contributed by atoms with Crippen LogP contribution in [0.25, 0.3) is 0 Å². The fraction of sp³-hybridized carbons (Fsp3) is 0.692. The van der Waals surface area contributed by atoms with Crippen LogP contribution in [0.5, 0.6) is 0 Å². The van der Waals surface area contributed by atoms with E-state index in [9.17, 15) is 0 Å². The van der Waals surface area contributed by atoms with Crippen LogP contribution in [-0.2, 0) is 9.47 Å². The SMILES string of the molecule is COC(C)(C)CCOC(CN)c1ccc(C)s1. The van der Waals surface area contributed by atoms with Crippen molar-refractivity contribution in [3.8, 4) is 0 Å². The van der Waals surface area contributed by atoms with E-state index in [0.29, 0.717) is 13.2 Å². The van der Waals surface area contributed by atoms with Gasteiger partial charge in [0.1, 0.15) is 6.10 Å². The maximum Gasteiger partial charge on any atom is 0.104 e. The smallest absolute Gasteiger partial charge is 0.104 e. The van der Waals surface area contributed by atoms with Crippen molar-refractivity contribution in [3.05, 3.63) is 21.9 Å². The van der Waals surface area contributed by atoms with Crippen LogP contribution in [0.4, 0.5) is 0 Å². The second-order valence-corrected chi connectivity index (χ2v) is 6.08. The first-order valence-electron chi connectivity index (χ1n) is 5.91. The molecule has 0 saturated heterocycles. The number of methoxy groups -OCH3 is 1. The van der Waals surface area contributed by atoms with Crippen molar-refractivity contribution in [1.82, 2.24) is 0 Å². The zero-order chi connectivity index (χ0) is 12.9. The molecule has 1 rings (SSSR count). The maximum atomic E-state index is 5.83. The van der Waals surface area contributed by atoms with E-state index in [1.54, 1.807) is 18.4 Å². The lowest BCUT2D eigenvalue weighted by Crippen LogP contribution is -2.26. The normalized spacial score (nSPS) is 13.9. The molecule has 0 spiro atoms. The van der Waals surface area contributed by atoms with Gasteiger partial charge in [-0.05, 0) is 39.3 Å². The van der Waals surface area contributed by atoms with Gasteiger partial charge in [0.25, 0.3) is 0 Å². The van der Waals surface area contributed by atoms with Gasteiger partial charge in [0.15, 0.2) is 0 Å². The van der Waals surface area contributed by atoms with Crippen LogP contribution < -0.4 is 5.73 Å². The van der Waals surface area contributed by atoms with Crippen LogP contribution in [0, 0.1) is 6.92 Å². The van der Waals surface area contributed by atoms with E-state index in [1.807, 2.05) is 0 Å². The van der Waals surface area contributed by atoms with E-state index in [4.69, 9.17) is 15.2 Å². The molecule has 0 aliphatic heterocycles. The Labute approximate surface area is 108 Å². The highest BCUT2D eigenvalue weighted by atomic mass is 32.1. The molecule has 1 heterocycles. The Balaban J connectivity index is 2.43. The molecule has 2 N–H and O–H groups in total. The molecule has 0 amide bonds. The molecule has 1 aromatic heterocycles. The van der Waals surface area contributed by atoms with E-state index < -0.39 is 0 Å². The second kappa shape index (κ2) is 6.50. The molecule has 1 unspecified atom stereocenters. The Kier molecular flexibility index (Phi) is 5.59. The number of ether oxygens (including phenoxy) is 2. The summed E-state index contributed by atoms with van der Waals surface area (Å²) in [4.78, 5) is 2.50. The lowest BCUT2D eigenvalue weighted by molar-refractivity contribution is -0.0250. The molecular weight excluding hydrogens is 234 g/mol. The number of hydrogen-bond acceptors (Lipinski definition) is 4. The van der Waals surface area contributed by atoms with E-state index >= 15 is 0 Å². The van der Waals surface area contributed by atoms with E-state index in [1.165, 1.54) is 9.75 Å². The third-order valence-electron chi connectivity index (χ3n) is 2.87. The molecular formula is C13H23NO2S. The second-order valence-electron chi connectivity index (χ2n) is 4.76. The lowest BCUT2D eigenvalue weighted by atomic mass is 10.1. The van der Waals surface area contributed by atoms with Crippen molar-refractivity contribution >= 4 is 11.3 Å². The quantitative estimate of drug-likeness (QED) is 0.817. The maximum absolute atomic E-state index is 5.83. The van der Waals surface area contributed by atoms with Gasteiger partial charge >= 0.3 is 0 Å². The molecule has 17 heavy (non-hydrogen) atoms. The summed E-state index contributed by atoms with van der Waals surface area (Å²) in [6.07, 6.45) is 0.881. The first kappa shape index (κ1) is 14.6. The first-order chi connectivity index (χ1) is 7.98. The Bertz CT molecular complexity index is 336. The van der Waals surface area contributed by atoms with Crippen LogP contribution in [0.2, 0.25) is 0 Å². The van der Waals surface area contributed by atoms with Gasteiger partial charge in [-0.15, -0.1) is 11.3 Å². The van der Waals surface area contributed by atoms with Crippen molar-refractivity contribution in [2.45, 2.75) is 38.9 Å². The van der Waals surface area contributed by atoms with Crippen molar-refractivity contribution in [2.24, 2.45) is 5.73 Å². The van der Waals surface area contributed by atoms with Gasteiger partial charge in [0.2, 0.25) is 0 Å². The summed E-state index contributed by atoms with van der Waals surface area (Å²) in [5, 5.41) is 0. The summed E-state index contributed by atoms with van der Waals surface area (Å²) in [5.41, 5.74) is 5.61. The number of rotatable bonds is 7. The van der Waals surface area contributed by atoms with E-state index in [-0.39, 0.29) is 11.7 Å². The van der Waals surface area contributed by atoms with Crippen LogP contribution in [0.1, 0.15) is 36.1 Å². The molecule has 0 bridgehead atoms. The van der Waals surface area contributed by atoms with Crippen LogP contribution in [-0.4, -0.2) is 25.9 Å². The first-order valence-corrected chi connectivity index (χ1v) is 6.73. The molecule has 0 fully saturated rings. The molecule has 4 heteroatoms. The zero-order valence-electron chi connectivity index (χ0n) is 11.2. The Morgan fingerprint density at radius 1 is 1.41 bits per heavy atom. The third kappa shape index (κ3) is 4.76. The van der Waals surface area contributed by atoms with E-state index in [0.717, 1.165) is 6.42 Å². The molecule has 1 aromatic rings. The fourth-order valence-electron chi connectivity index (χ4n) is 1.44. The third-order valence-corrected chi connectivity index (χ3v) is 3.96. The van der Waals surface area contributed by atoms with Crippen molar-refractivity contribution in [3.63, 3.8) is 0 Å². The highest BCUT2D eigenvalue weighted by Crippen LogP contribution is 2.25. The van der Waals surface area contributed by atoms with Crippen LogP contribution in [0.15, 0.2) is 12.1 Å². The summed E-state index contributed by atoms with van der Waals surface area (Å²) < 4.78 is 11.2. The predicted octanol–water partition coefficient (Wildman–Crippen LogP) is 2.89. The highest BCUT2D eigenvalue weighted by Gasteiger charge is 2.18. The van der Waals surface area contributed by atoms with Gasteiger partial charge < -0.3 is 15.2 Å². The van der Waals surface area contributed by atoms with Gasteiger partial charge in [-0.3, -0.25) is 0 Å². The molecule has 3 nitrogen and oxygen atoms in total. The molecule has 0 saturated carbocycles. The summed E-state index contributed by atoms with van der Waals surface area (Å²) in [6, 6.07) is 4.20. The predicted molar refractivity (Wildman–Crippen MR) is 72.5 cm³/mol. The molecule has 0 radical (unpaired) electrons. The molecule has 1 atom stereocenters. The average molecular weight is 257 g/mol. The number of aryl methyl sites for hydroxylation is 1. The summed E-state index contributed by atoms with van der Waals surface area (Å²) in [6.45, 7) is 7.40. The van der Waals surface area contributed by atoms with Gasteiger partial charge in [0.05, 0.1) is 12.2 Å². The average Bonchev–Trinajstić information content (AvgIpc) is 2.71. The van der Waals surface area contributed by atoms with Gasteiger partial charge in [0, 0.05) is 23.4 Å². The van der Waals surface area contributed by atoms with Crippen molar-refractivity contribution in [1.29, 1.82) is 0 Å². The van der Waals surface area contributed by atoms with Crippen molar-refractivity contribution < 1.29 is 9.47 Å². The monoisotopic (exact) mass is 257 g/mol. The Morgan fingerprint density at radius 2 is 2.12 bits per heavy atom. The van der Waals surface area contributed by atoms with Crippen LogP contribution in [0.3, 0.4) is 0 Å². The number of nitrogens with two attached hydrogens (primary N) is 1. The minimum atomic E-state index is -0.134. The zero-order valence-corrected chi connectivity index (χ0v) is 12.0. The van der Waals surface area contributed by atoms with E-state index in [2.05, 4.69) is 32.9 Å². The minimum Gasteiger partial charge on any atom is -0.379 e. The largest absolute Gasteiger partial charge is 0.379 e. The minimum absolute atomic E-state index is 0.0151. The summed E-state index contributed by atoms with van der Waals surface area (Å²) >= 11 is 1.75. The lowest BCUT2D eigenvalue weighted by Gasteiger charge is -2.24. The Hall–Kier alpha value is -0.420. The molecule has 98 valence electrons. The van der Waals surface area contributed by atoms with Crippen LogP contribution >= 0.6 is 11.3 Å².